The molecule has 2 aromatic carbocycles. The molecule has 0 radical (unpaired) electrons. The van der Waals surface area contributed by atoms with Crippen molar-refractivity contribution in [2.45, 2.75) is 84.6 Å². The first-order valence-electron chi connectivity index (χ1n) is 12.4. The Labute approximate surface area is 212 Å². The summed E-state index contributed by atoms with van der Waals surface area (Å²) in [4.78, 5) is 14.3. The molecule has 3 aromatic rings. The molecule has 1 saturated carbocycles. The van der Waals surface area contributed by atoms with Gasteiger partial charge in [0.25, 0.3) is 0 Å². The SMILES string of the molecule is CC(C)(C)CC(C)(C)c1cc(NC(=O)NC2CCCCC2)c(O)c(-n2nc3ccc(Cl)cc3n2)c1. The van der Waals surface area contributed by atoms with Crippen LogP contribution in [0.1, 0.15) is 78.7 Å². The lowest BCUT2D eigenvalue weighted by atomic mass is 9.72. The number of carbonyl (C=O) groups is 1. The van der Waals surface area contributed by atoms with Gasteiger partial charge in [-0.2, -0.15) is 0 Å². The number of nitrogens with zero attached hydrogens (tertiary/aromatic N) is 3. The zero-order chi connectivity index (χ0) is 25.4. The number of carbonyl (C=O) groups excluding carboxylic acids is 1. The third-order valence-electron chi connectivity index (χ3n) is 6.59. The molecule has 1 fully saturated rings. The molecule has 0 atom stereocenters. The van der Waals surface area contributed by atoms with Crippen molar-refractivity contribution in [3.05, 3.63) is 40.9 Å². The van der Waals surface area contributed by atoms with Gasteiger partial charge in [0.1, 0.15) is 16.7 Å². The first-order valence-corrected chi connectivity index (χ1v) is 12.8. The van der Waals surface area contributed by atoms with Gasteiger partial charge in [0.15, 0.2) is 5.75 Å². The maximum atomic E-state index is 12.9. The molecule has 3 N–H and O–H groups in total. The van der Waals surface area contributed by atoms with Crippen LogP contribution in [0.15, 0.2) is 30.3 Å². The summed E-state index contributed by atoms with van der Waals surface area (Å²) in [5.74, 6) is -0.0782. The lowest BCUT2D eigenvalue weighted by Gasteiger charge is -2.33. The lowest BCUT2D eigenvalue weighted by Crippen LogP contribution is -2.39. The number of aromatic nitrogens is 3. The van der Waals surface area contributed by atoms with Crippen molar-refractivity contribution in [2.24, 2.45) is 5.41 Å². The summed E-state index contributed by atoms with van der Waals surface area (Å²) in [6, 6.07) is 8.91. The van der Waals surface area contributed by atoms with E-state index >= 15 is 0 Å². The van der Waals surface area contributed by atoms with Crippen molar-refractivity contribution in [1.82, 2.24) is 20.3 Å². The van der Waals surface area contributed by atoms with Crippen molar-refractivity contribution < 1.29 is 9.90 Å². The highest BCUT2D eigenvalue weighted by Gasteiger charge is 2.30. The Kier molecular flexibility index (Phi) is 7.00. The van der Waals surface area contributed by atoms with Crippen LogP contribution < -0.4 is 10.6 Å². The van der Waals surface area contributed by atoms with Gasteiger partial charge in [-0.25, -0.2) is 4.79 Å². The number of hydrogen-bond acceptors (Lipinski definition) is 4. The van der Waals surface area contributed by atoms with Gasteiger partial charge < -0.3 is 15.7 Å². The summed E-state index contributed by atoms with van der Waals surface area (Å²) in [5, 5.41) is 26.9. The summed E-state index contributed by atoms with van der Waals surface area (Å²) in [6.45, 7) is 11.0. The average molecular weight is 498 g/mol. The topological polar surface area (TPSA) is 92.1 Å². The van der Waals surface area contributed by atoms with Crippen LogP contribution in [0, 0.1) is 5.41 Å². The van der Waals surface area contributed by atoms with E-state index in [4.69, 9.17) is 11.6 Å². The van der Waals surface area contributed by atoms with Crippen LogP contribution in [0.25, 0.3) is 16.7 Å². The van der Waals surface area contributed by atoms with E-state index in [2.05, 4.69) is 55.4 Å². The molecule has 2 amide bonds. The number of hydrogen-bond donors (Lipinski definition) is 3. The average Bonchev–Trinajstić information content (AvgIpc) is 3.17. The second-order valence-electron chi connectivity index (χ2n) is 11.6. The molecular formula is C27H36ClN5O2. The number of phenolic OH excluding ortho intramolecular Hbond substituents is 1. The van der Waals surface area contributed by atoms with Gasteiger partial charge in [-0.05, 0) is 66.0 Å². The van der Waals surface area contributed by atoms with Gasteiger partial charge in [0.2, 0.25) is 0 Å². The molecule has 8 heteroatoms. The van der Waals surface area contributed by atoms with Gasteiger partial charge in [0.05, 0.1) is 5.69 Å². The number of amides is 2. The van der Waals surface area contributed by atoms with E-state index in [-0.39, 0.29) is 28.7 Å². The number of phenols is 1. The highest BCUT2D eigenvalue weighted by atomic mass is 35.5. The standard InChI is InChI=1S/C27H36ClN5O2/c1-26(2,3)16-27(4,5)17-13-22(30-25(35)29-19-9-7-6-8-10-19)24(34)23(14-17)33-31-20-12-11-18(28)15-21(20)32-33/h11-15,19,34H,6-10,16H2,1-5H3,(H2,29,30,35). The quantitative estimate of drug-likeness (QED) is 0.332. The Balaban J connectivity index is 1.74. The van der Waals surface area contributed by atoms with Gasteiger partial charge in [-0.3, -0.25) is 0 Å². The molecule has 1 aliphatic carbocycles. The molecule has 0 unspecified atom stereocenters. The summed E-state index contributed by atoms with van der Waals surface area (Å²) < 4.78 is 0. The van der Waals surface area contributed by atoms with Crippen molar-refractivity contribution in [3.63, 3.8) is 0 Å². The fourth-order valence-corrected chi connectivity index (χ4v) is 5.44. The third-order valence-corrected chi connectivity index (χ3v) is 6.83. The van der Waals surface area contributed by atoms with Crippen LogP contribution in [0.4, 0.5) is 10.5 Å². The fraction of sp³-hybridized carbons (Fsp3) is 0.519. The minimum Gasteiger partial charge on any atom is -0.504 e. The van der Waals surface area contributed by atoms with Gasteiger partial charge >= 0.3 is 6.03 Å². The molecule has 0 saturated heterocycles. The largest absolute Gasteiger partial charge is 0.504 e. The highest BCUT2D eigenvalue weighted by Crippen LogP contribution is 2.41. The number of nitrogens with one attached hydrogen (secondary N) is 2. The highest BCUT2D eigenvalue weighted by molar-refractivity contribution is 6.31. The molecule has 35 heavy (non-hydrogen) atoms. The second-order valence-corrected chi connectivity index (χ2v) is 12.0. The molecule has 0 bridgehead atoms. The maximum Gasteiger partial charge on any atom is 0.319 e. The molecule has 0 spiro atoms. The van der Waals surface area contributed by atoms with Gasteiger partial charge in [0, 0.05) is 11.1 Å². The van der Waals surface area contributed by atoms with E-state index in [9.17, 15) is 9.90 Å². The predicted molar refractivity (Wildman–Crippen MR) is 142 cm³/mol. The lowest BCUT2D eigenvalue weighted by molar-refractivity contribution is 0.244. The Morgan fingerprint density at radius 1 is 1.06 bits per heavy atom. The molecule has 1 aromatic heterocycles. The Hall–Kier alpha value is -2.80. The minimum absolute atomic E-state index is 0.0782. The summed E-state index contributed by atoms with van der Waals surface area (Å²) in [5.41, 5.74) is 2.87. The van der Waals surface area contributed by atoms with Gasteiger partial charge in [-0.15, -0.1) is 15.0 Å². The van der Waals surface area contributed by atoms with Crippen molar-refractivity contribution in [2.75, 3.05) is 5.32 Å². The number of rotatable bonds is 5. The number of benzene rings is 2. The molecule has 1 heterocycles. The maximum absolute atomic E-state index is 12.9. The van der Waals surface area contributed by atoms with Crippen molar-refractivity contribution in [3.8, 4) is 11.4 Å². The van der Waals surface area contributed by atoms with Crippen LogP contribution >= 0.6 is 11.6 Å². The van der Waals surface area contributed by atoms with E-state index in [0.29, 0.717) is 27.4 Å². The number of halogens is 1. The van der Waals surface area contributed by atoms with E-state index in [1.807, 2.05) is 12.1 Å². The number of urea groups is 1. The van der Waals surface area contributed by atoms with Crippen LogP contribution in [0.5, 0.6) is 5.75 Å². The summed E-state index contributed by atoms with van der Waals surface area (Å²) in [6.07, 6.45) is 6.33. The Morgan fingerprint density at radius 3 is 2.43 bits per heavy atom. The van der Waals surface area contributed by atoms with E-state index < -0.39 is 0 Å². The zero-order valence-electron chi connectivity index (χ0n) is 21.3. The van der Waals surface area contributed by atoms with Crippen molar-refractivity contribution in [1.29, 1.82) is 0 Å². The Morgan fingerprint density at radius 2 is 1.74 bits per heavy atom. The smallest absolute Gasteiger partial charge is 0.319 e. The molecule has 188 valence electrons. The fourth-order valence-electron chi connectivity index (χ4n) is 5.27. The Bertz CT molecular complexity index is 1220. The molecule has 0 aliphatic heterocycles. The first kappa shape index (κ1) is 25.3. The zero-order valence-corrected chi connectivity index (χ0v) is 22.0. The molecule has 1 aliphatic rings. The third kappa shape index (κ3) is 6.07. The summed E-state index contributed by atoms with van der Waals surface area (Å²) >= 11 is 6.13. The van der Waals surface area contributed by atoms with E-state index in [1.165, 1.54) is 11.2 Å². The van der Waals surface area contributed by atoms with E-state index in [0.717, 1.165) is 37.7 Å². The van der Waals surface area contributed by atoms with Crippen LogP contribution in [0.3, 0.4) is 0 Å². The molecular weight excluding hydrogens is 462 g/mol. The number of fused-ring (bicyclic) bond motifs is 1. The molecule has 4 rings (SSSR count). The predicted octanol–water partition coefficient (Wildman–Crippen LogP) is 6.95. The summed E-state index contributed by atoms with van der Waals surface area (Å²) in [7, 11) is 0. The monoisotopic (exact) mass is 497 g/mol. The van der Waals surface area contributed by atoms with E-state index in [1.54, 1.807) is 18.2 Å². The van der Waals surface area contributed by atoms with Crippen LogP contribution in [-0.2, 0) is 5.41 Å². The number of aromatic hydroxyl groups is 1. The normalized spacial score (nSPS) is 15.4. The molecule has 7 nitrogen and oxygen atoms in total. The first-order chi connectivity index (χ1) is 16.4. The van der Waals surface area contributed by atoms with Crippen LogP contribution in [0.2, 0.25) is 5.02 Å². The number of anilines is 1. The van der Waals surface area contributed by atoms with Crippen LogP contribution in [-0.4, -0.2) is 32.2 Å². The van der Waals surface area contributed by atoms with Gasteiger partial charge in [-0.1, -0.05) is 65.5 Å². The second kappa shape index (κ2) is 9.69. The van der Waals surface area contributed by atoms with Crippen molar-refractivity contribution >= 4 is 34.4 Å². The minimum atomic E-state index is -0.311.